The van der Waals surface area contributed by atoms with Crippen molar-refractivity contribution in [2.24, 2.45) is 17.8 Å². The van der Waals surface area contributed by atoms with E-state index in [2.05, 4.69) is 0 Å². The molecule has 3 saturated carbocycles. The van der Waals surface area contributed by atoms with Crippen LogP contribution in [0.3, 0.4) is 0 Å². The Bertz CT molecular complexity index is 1290. The summed E-state index contributed by atoms with van der Waals surface area (Å²) >= 11 is 0. The van der Waals surface area contributed by atoms with E-state index < -0.39 is 153 Å². The number of aliphatic hydroxyl groups is 13. The third-order valence-corrected chi connectivity index (χ3v) is 12.4. The molecule has 21 atom stereocenters. The van der Waals surface area contributed by atoms with Gasteiger partial charge in [0.1, 0.15) is 61.5 Å². The fourth-order valence-corrected chi connectivity index (χ4v) is 9.05. The molecule has 0 spiro atoms. The van der Waals surface area contributed by atoms with Crippen molar-refractivity contribution in [3.63, 3.8) is 0 Å². The van der Waals surface area contributed by atoms with Crippen LogP contribution in [0.15, 0.2) is 12.2 Å². The van der Waals surface area contributed by atoms with Gasteiger partial charge in [-0.25, -0.2) is 4.79 Å². The SMILES string of the molecule is O=C(C=CC1CCC(O)C(O)C1)OC[C@H]1O[C@@H](OC2CC3C(CC(O)CC3O[C@@H]3O[C@H](CO)[C@@H](O)[C@H](O)[C@H]3O)OC2C2CC(O)C(O)C(O)C2)[C@H](O)[C@@H](O)[C@@H]1O. The molecule has 0 aromatic carbocycles. The highest BCUT2D eigenvalue weighted by Gasteiger charge is 2.54. The number of esters is 1. The van der Waals surface area contributed by atoms with Gasteiger partial charge >= 0.3 is 5.97 Å². The van der Waals surface area contributed by atoms with Gasteiger partial charge in [0.05, 0.1) is 61.5 Å². The molecule has 11 unspecified atom stereocenters. The smallest absolute Gasteiger partial charge is 0.330 e. The topological polar surface area (TPSA) is 335 Å². The Hall–Kier alpha value is -1.51. The number of hydrogen-bond donors (Lipinski definition) is 13. The molecule has 322 valence electrons. The quantitative estimate of drug-likeness (QED) is 0.0723. The highest BCUT2D eigenvalue weighted by atomic mass is 16.7. The van der Waals surface area contributed by atoms with Gasteiger partial charge in [-0.3, -0.25) is 0 Å². The standard InChI is InChI=1S/C36H58O20/c37-11-24-28(45)30(47)32(49)35(55-24)53-22-9-15(38)8-21-16(22)10-23(34(52-21)14-6-19(41)27(44)20(42)7-14)54-36-33(50)31(48)29(46)25(56-36)12-51-26(43)4-2-13-1-3-17(39)18(40)5-13/h2,4,13-25,27-42,44-50H,1,3,5-12H2/t13?,14?,15?,16?,17?,18?,19?,20?,21?,22?,23?,24-,25-,27?,28-,29-,30+,31+,32-,33-,34?,35-,36-/m1/s1. The van der Waals surface area contributed by atoms with Gasteiger partial charge in [-0.05, 0) is 56.8 Å². The monoisotopic (exact) mass is 810 g/mol. The van der Waals surface area contributed by atoms with E-state index in [0.717, 1.165) is 6.08 Å². The van der Waals surface area contributed by atoms with Crippen LogP contribution in [0.5, 0.6) is 0 Å². The lowest BCUT2D eigenvalue weighted by molar-refractivity contribution is -0.345. The average molecular weight is 811 g/mol. The molecule has 56 heavy (non-hydrogen) atoms. The molecule has 6 rings (SSSR count). The second-order valence-corrected chi connectivity index (χ2v) is 16.3. The first-order valence-corrected chi connectivity index (χ1v) is 19.5. The largest absolute Gasteiger partial charge is 0.460 e. The van der Waals surface area contributed by atoms with Gasteiger partial charge in [0.15, 0.2) is 12.6 Å². The van der Waals surface area contributed by atoms with Crippen LogP contribution in [0.2, 0.25) is 0 Å². The van der Waals surface area contributed by atoms with E-state index >= 15 is 0 Å². The number of carbonyl (C=O) groups excluding carboxylic acids is 1. The molecule has 0 aromatic rings. The number of ether oxygens (including phenoxy) is 6. The molecule has 6 aliphatic rings. The second kappa shape index (κ2) is 18.8. The fourth-order valence-electron chi connectivity index (χ4n) is 9.05. The molecular weight excluding hydrogens is 752 g/mol. The molecule has 3 aliphatic heterocycles. The van der Waals surface area contributed by atoms with Crippen molar-refractivity contribution in [3.05, 3.63) is 12.2 Å². The average Bonchev–Trinajstić information content (AvgIpc) is 3.16. The normalized spacial score (nSPS) is 51.7. The highest BCUT2D eigenvalue weighted by Crippen LogP contribution is 2.45. The van der Waals surface area contributed by atoms with Crippen molar-refractivity contribution in [3.8, 4) is 0 Å². The summed E-state index contributed by atoms with van der Waals surface area (Å²) in [4.78, 5) is 12.6. The van der Waals surface area contributed by atoms with E-state index in [-0.39, 0.29) is 44.4 Å². The molecule has 20 heteroatoms. The maximum absolute atomic E-state index is 12.6. The fraction of sp³-hybridized carbons (Fsp3) is 0.917. The van der Waals surface area contributed by atoms with Gasteiger partial charge in [-0.1, -0.05) is 6.08 Å². The summed E-state index contributed by atoms with van der Waals surface area (Å²) in [7, 11) is 0. The van der Waals surface area contributed by atoms with Crippen LogP contribution in [-0.2, 0) is 33.2 Å². The number of carbonyl (C=O) groups is 1. The van der Waals surface area contributed by atoms with Crippen LogP contribution < -0.4 is 0 Å². The van der Waals surface area contributed by atoms with Crippen molar-refractivity contribution < 1.29 is 99.6 Å². The summed E-state index contributed by atoms with van der Waals surface area (Å²) in [5, 5.41) is 136. The molecular formula is C36H58O20. The zero-order chi connectivity index (χ0) is 40.6. The Kier molecular flexibility index (Phi) is 14.8. The van der Waals surface area contributed by atoms with Crippen LogP contribution in [0.4, 0.5) is 0 Å². The predicted molar refractivity (Wildman–Crippen MR) is 182 cm³/mol. The molecule has 0 bridgehead atoms. The first-order chi connectivity index (χ1) is 26.6. The minimum Gasteiger partial charge on any atom is -0.460 e. The van der Waals surface area contributed by atoms with Crippen LogP contribution >= 0.6 is 0 Å². The maximum atomic E-state index is 12.6. The molecule has 6 fully saturated rings. The van der Waals surface area contributed by atoms with Gasteiger partial charge in [-0.15, -0.1) is 0 Å². The lowest BCUT2D eigenvalue weighted by Crippen LogP contribution is -2.63. The zero-order valence-corrected chi connectivity index (χ0v) is 30.7. The van der Waals surface area contributed by atoms with Crippen LogP contribution in [-0.4, -0.2) is 208 Å². The van der Waals surface area contributed by atoms with E-state index in [0.29, 0.717) is 12.8 Å². The van der Waals surface area contributed by atoms with Gasteiger partial charge in [0.25, 0.3) is 0 Å². The van der Waals surface area contributed by atoms with Gasteiger partial charge in [0.2, 0.25) is 0 Å². The Morgan fingerprint density at radius 3 is 1.82 bits per heavy atom. The van der Waals surface area contributed by atoms with Crippen molar-refractivity contribution >= 4 is 5.97 Å². The molecule has 13 N–H and O–H groups in total. The number of fused-ring (bicyclic) bond motifs is 1. The van der Waals surface area contributed by atoms with Crippen molar-refractivity contribution in [1.29, 1.82) is 0 Å². The number of rotatable bonds is 10. The molecule has 20 nitrogen and oxygen atoms in total. The van der Waals surface area contributed by atoms with E-state index in [9.17, 15) is 71.2 Å². The molecule has 3 heterocycles. The summed E-state index contributed by atoms with van der Waals surface area (Å²) in [5.41, 5.74) is 0. The summed E-state index contributed by atoms with van der Waals surface area (Å²) in [6.07, 6.45) is -22.9. The van der Waals surface area contributed by atoms with E-state index in [1.807, 2.05) is 0 Å². The third kappa shape index (κ3) is 9.75. The molecule has 0 amide bonds. The summed E-state index contributed by atoms with van der Waals surface area (Å²) in [5.74, 6) is -2.27. The first kappa shape index (κ1) is 44.1. The first-order valence-electron chi connectivity index (χ1n) is 19.5. The number of hydrogen-bond acceptors (Lipinski definition) is 20. The summed E-state index contributed by atoms with van der Waals surface area (Å²) in [6, 6.07) is 0. The maximum Gasteiger partial charge on any atom is 0.330 e. The van der Waals surface area contributed by atoms with Crippen molar-refractivity contribution in [1.82, 2.24) is 0 Å². The zero-order valence-electron chi connectivity index (χ0n) is 30.7. The minimum atomic E-state index is -1.83. The van der Waals surface area contributed by atoms with Gasteiger partial charge in [-0.2, -0.15) is 0 Å². The predicted octanol–water partition coefficient (Wildman–Crippen LogP) is -5.59. The van der Waals surface area contributed by atoms with E-state index in [1.165, 1.54) is 0 Å². The Balaban J connectivity index is 1.18. The molecule has 3 saturated heterocycles. The van der Waals surface area contributed by atoms with Crippen LogP contribution in [0.25, 0.3) is 0 Å². The lowest BCUT2D eigenvalue weighted by atomic mass is 9.72. The summed E-state index contributed by atoms with van der Waals surface area (Å²) in [6.45, 7) is -1.27. The van der Waals surface area contributed by atoms with Crippen molar-refractivity contribution in [2.45, 2.75) is 174 Å². The highest BCUT2D eigenvalue weighted by molar-refractivity contribution is 5.81. The van der Waals surface area contributed by atoms with Crippen molar-refractivity contribution in [2.75, 3.05) is 13.2 Å². The summed E-state index contributed by atoms with van der Waals surface area (Å²) < 4.78 is 35.7. The molecule has 0 radical (unpaired) electrons. The molecule has 3 aliphatic carbocycles. The van der Waals surface area contributed by atoms with Gasteiger partial charge < -0.3 is 94.8 Å². The Labute approximate surface area is 322 Å². The number of aliphatic hydroxyl groups excluding tert-OH is 13. The second-order valence-electron chi connectivity index (χ2n) is 16.3. The Morgan fingerprint density at radius 1 is 0.589 bits per heavy atom. The van der Waals surface area contributed by atoms with E-state index in [1.54, 1.807) is 6.08 Å². The van der Waals surface area contributed by atoms with E-state index in [4.69, 9.17) is 28.4 Å². The Morgan fingerprint density at radius 2 is 1.20 bits per heavy atom. The third-order valence-electron chi connectivity index (χ3n) is 12.4. The van der Waals surface area contributed by atoms with Gasteiger partial charge in [0, 0.05) is 18.4 Å². The number of allylic oxidation sites excluding steroid dienone is 1. The lowest BCUT2D eigenvalue weighted by Gasteiger charge is -2.52. The van der Waals surface area contributed by atoms with Crippen LogP contribution in [0.1, 0.15) is 51.4 Å². The minimum absolute atomic E-state index is 0.00259. The van der Waals surface area contributed by atoms with Crippen LogP contribution in [0, 0.1) is 17.8 Å². The molecule has 0 aromatic heterocycles.